The van der Waals surface area contributed by atoms with Gasteiger partial charge in [-0.2, -0.15) is 0 Å². The molecule has 3 rings (SSSR count). The van der Waals surface area contributed by atoms with Crippen molar-refractivity contribution in [2.45, 2.75) is 13.3 Å². The zero-order chi connectivity index (χ0) is 15.5. The van der Waals surface area contributed by atoms with Gasteiger partial charge in [0.2, 0.25) is 0 Å². The summed E-state index contributed by atoms with van der Waals surface area (Å²) in [5.41, 5.74) is 6.42. The number of methoxy groups -OCH3 is 1. The molecular weight excluding hydrogens is 272 g/mol. The molecule has 0 N–H and O–H groups in total. The molecule has 0 unspecified atom stereocenters. The summed E-state index contributed by atoms with van der Waals surface area (Å²) in [6.07, 6.45) is 4.63. The fourth-order valence-corrected chi connectivity index (χ4v) is 2.76. The highest BCUT2D eigenvalue weighted by atomic mass is 16.5. The summed E-state index contributed by atoms with van der Waals surface area (Å²) >= 11 is 0. The molecule has 2 aromatic rings. The molecule has 110 valence electrons. The third-order valence-electron chi connectivity index (χ3n) is 3.89. The average molecular weight is 290 g/mol. The number of esters is 1. The molecular formula is C20H18O2. The van der Waals surface area contributed by atoms with E-state index >= 15 is 0 Å². The van der Waals surface area contributed by atoms with Crippen LogP contribution in [0.15, 0.2) is 60.2 Å². The van der Waals surface area contributed by atoms with Crippen LogP contribution in [-0.2, 0) is 9.53 Å². The number of hydrogen-bond acceptors (Lipinski definition) is 2. The Morgan fingerprint density at radius 2 is 1.86 bits per heavy atom. The van der Waals surface area contributed by atoms with Crippen molar-refractivity contribution in [3.8, 4) is 0 Å². The molecule has 1 aliphatic carbocycles. The molecule has 0 saturated carbocycles. The van der Waals surface area contributed by atoms with Gasteiger partial charge in [-0.05, 0) is 41.7 Å². The number of benzene rings is 2. The van der Waals surface area contributed by atoms with Crippen molar-refractivity contribution in [2.24, 2.45) is 0 Å². The second kappa shape index (κ2) is 6.02. The Morgan fingerprint density at radius 1 is 1.09 bits per heavy atom. The maximum absolute atomic E-state index is 11.9. The van der Waals surface area contributed by atoms with E-state index in [9.17, 15) is 4.79 Å². The van der Waals surface area contributed by atoms with E-state index < -0.39 is 0 Å². The molecule has 0 bridgehead atoms. The van der Waals surface area contributed by atoms with Gasteiger partial charge in [0.1, 0.15) is 0 Å². The highest BCUT2D eigenvalue weighted by Crippen LogP contribution is 2.32. The van der Waals surface area contributed by atoms with Gasteiger partial charge in [-0.3, -0.25) is 0 Å². The Labute approximate surface area is 130 Å². The first-order valence-corrected chi connectivity index (χ1v) is 7.34. The number of ether oxygens (including phenoxy) is 1. The molecule has 0 aliphatic heterocycles. The summed E-state index contributed by atoms with van der Waals surface area (Å²) in [7, 11) is 1.42. The smallest absolute Gasteiger partial charge is 0.334 e. The molecule has 0 fully saturated rings. The second-order valence-electron chi connectivity index (χ2n) is 5.44. The van der Waals surface area contributed by atoms with Gasteiger partial charge in [0.25, 0.3) is 0 Å². The third kappa shape index (κ3) is 2.73. The molecule has 22 heavy (non-hydrogen) atoms. The van der Waals surface area contributed by atoms with Crippen molar-refractivity contribution in [1.29, 1.82) is 0 Å². The Kier molecular flexibility index (Phi) is 3.92. The summed E-state index contributed by atoms with van der Waals surface area (Å²) in [5, 5.41) is 0. The van der Waals surface area contributed by atoms with Gasteiger partial charge in [0.15, 0.2) is 0 Å². The Hall–Kier alpha value is -2.61. The van der Waals surface area contributed by atoms with Crippen LogP contribution >= 0.6 is 0 Å². The van der Waals surface area contributed by atoms with Crippen LogP contribution in [0.1, 0.15) is 28.7 Å². The topological polar surface area (TPSA) is 26.3 Å². The van der Waals surface area contributed by atoms with E-state index in [-0.39, 0.29) is 5.97 Å². The minimum Gasteiger partial charge on any atom is -0.466 e. The van der Waals surface area contributed by atoms with Crippen molar-refractivity contribution in [3.05, 3.63) is 82.4 Å². The van der Waals surface area contributed by atoms with Crippen LogP contribution in [0.3, 0.4) is 0 Å². The molecule has 0 amide bonds. The molecule has 0 heterocycles. The lowest BCUT2D eigenvalue weighted by Gasteiger charge is -2.11. The van der Waals surface area contributed by atoms with E-state index in [0.29, 0.717) is 12.0 Å². The Balaban J connectivity index is 2.17. The fourth-order valence-electron chi connectivity index (χ4n) is 2.76. The fraction of sp³-hybridized carbons (Fsp3) is 0.150. The molecule has 1 aliphatic rings. The summed E-state index contributed by atoms with van der Waals surface area (Å²) < 4.78 is 4.89. The number of rotatable bonds is 2. The predicted octanol–water partition coefficient (Wildman–Crippen LogP) is 4.39. The zero-order valence-corrected chi connectivity index (χ0v) is 12.8. The van der Waals surface area contributed by atoms with Crippen LogP contribution < -0.4 is 0 Å². The lowest BCUT2D eigenvalue weighted by molar-refractivity contribution is -0.136. The number of hydrogen-bond donors (Lipinski definition) is 0. The lowest BCUT2D eigenvalue weighted by atomic mass is 9.93. The summed E-state index contributed by atoms with van der Waals surface area (Å²) in [6.45, 7) is 2.08. The van der Waals surface area contributed by atoms with E-state index in [1.807, 2.05) is 24.3 Å². The zero-order valence-electron chi connectivity index (χ0n) is 12.8. The standard InChI is InChI=1S/C20H18O2/c1-14-8-9-16-13-17(20(21)22-2)10-11-18(19(16)12-14)15-6-4-3-5-7-15/h3-9,11-13H,10H2,1-2H3. The number of allylic oxidation sites excluding steroid dienone is 1. The third-order valence-corrected chi connectivity index (χ3v) is 3.89. The molecule has 0 atom stereocenters. The SMILES string of the molecule is COC(=O)C1=Cc2ccc(C)cc2C(c2ccccc2)=CC1. The normalized spacial score (nSPS) is 13.5. The minimum atomic E-state index is -0.267. The molecule has 0 radical (unpaired) electrons. The van der Waals surface area contributed by atoms with Gasteiger partial charge in [0, 0.05) is 5.57 Å². The predicted molar refractivity (Wildman–Crippen MR) is 89.3 cm³/mol. The van der Waals surface area contributed by atoms with Gasteiger partial charge >= 0.3 is 5.97 Å². The van der Waals surface area contributed by atoms with Gasteiger partial charge in [-0.1, -0.05) is 60.2 Å². The van der Waals surface area contributed by atoms with Crippen LogP contribution in [0.2, 0.25) is 0 Å². The van der Waals surface area contributed by atoms with Gasteiger partial charge < -0.3 is 4.74 Å². The van der Waals surface area contributed by atoms with Crippen LogP contribution in [0.5, 0.6) is 0 Å². The average Bonchev–Trinajstić information content (AvgIpc) is 2.74. The molecule has 0 saturated heterocycles. The van der Waals surface area contributed by atoms with Crippen molar-refractivity contribution in [3.63, 3.8) is 0 Å². The van der Waals surface area contributed by atoms with Crippen LogP contribution in [0.4, 0.5) is 0 Å². The van der Waals surface area contributed by atoms with E-state index in [1.54, 1.807) is 0 Å². The van der Waals surface area contributed by atoms with E-state index in [2.05, 4.69) is 43.3 Å². The maximum Gasteiger partial charge on any atom is 0.334 e. The highest BCUT2D eigenvalue weighted by molar-refractivity contribution is 5.97. The number of carbonyl (C=O) groups excluding carboxylic acids is 1. The largest absolute Gasteiger partial charge is 0.466 e. The van der Waals surface area contributed by atoms with Crippen LogP contribution in [0.25, 0.3) is 11.6 Å². The number of fused-ring (bicyclic) bond motifs is 1. The number of carbonyl (C=O) groups is 1. The molecule has 0 aromatic heterocycles. The number of aryl methyl sites for hydroxylation is 1. The van der Waals surface area contributed by atoms with E-state index in [0.717, 1.165) is 22.3 Å². The van der Waals surface area contributed by atoms with Gasteiger partial charge in [0.05, 0.1) is 7.11 Å². The monoisotopic (exact) mass is 290 g/mol. The lowest BCUT2D eigenvalue weighted by Crippen LogP contribution is -2.03. The van der Waals surface area contributed by atoms with Crippen molar-refractivity contribution >= 4 is 17.6 Å². The van der Waals surface area contributed by atoms with Crippen LogP contribution in [-0.4, -0.2) is 13.1 Å². The second-order valence-corrected chi connectivity index (χ2v) is 5.44. The highest BCUT2D eigenvalue weighted by Gasteiger charge is 2.17. The van der Waals surface area contributed by atoms with E-state index in [4.69, 9.17) is 4.74 Å². The van der Waals surface area contributed by atoms with Crippen molar-refractivity contribution in [2.75, 3.05) is 7.11 Å². The first-order chi connectivity index (χ1) is 10.7. The van der Waals surface area contributed by atoms with E-state index in [1.165, 1.54) is 12.7 Å². The summed E-state index contributed by atoms with van der Waals surface area (Å²) in [4.78, 5) is 11.9. The van der Waals surface area contributed by atoms with Crippen LogP contribution in [0, 0.1) is 6.92 Å². The molecule has 2 nitrogen and oxygen atoms in total. The molecule has 0 spiro atoms. The molecule has 2 heteroatoms. The Bertz CT molecular complexity index is 768. The van der Waals surface area contributed by atoms with Gasteiger partial charge in [-0.15, -0.1) is 0 Å². The Morgan fingerprint density at radius 3 is 2.59 bits per heavy atom. The summed E-state index contributed by atoms with van der Waals surface area (Å²) in [6, 6.07) is 16.6. The van der Waals surface area contributed by atoms with Crippen molar-refractivity contribution in [1.82, 2.24) is 0 Å². The summed E-state index contributed by atoms with van der Waals surface area (Å²) in [5.74, 6) is -0.267. The first kappa shape index (κ1) is 14.3. The van der Waals surface area contributed by atoms with Crippen molar-refractivity contribution < 1.29 is 9.53 Å². The quantitative estimate of drug-likeness (QED) is 0.767. The molecule has 2 aromatic carbocycles. The first-order valence-electron chi connectivity index (χ1n) is 7.34. The minimum absolute atomic E-state index is 0.267. The maximum atomic E-state index is 11.9. The van der Waals surface area contributed by atoms with Gasteiger partial charge in [-0.25, -0.2) is 4.79 Å².